The van der Waals surface area contributed by atoms with Crippen LogP contribution < -0.4 is 5.73 Å². The fraction of sp³-hybridized carbons (Fsp3) is 0.333. The van der Waals surface area contributed by atoms with Gasteiger partial charge in [-0.1, -0.05) is 30.7 Å². The Kier molecular flexibility index (Phi) is 4.20. The molecule has 1 atom stereocenters. The van der Waals surface area contributed by atoms with Crippen molar-refractivity contribution < 1.29 is 4.39 Å². The highest BCUT2D eigenvalue weighted by molar-refractivity contribution is 5.40. The molecule has 1 unspecified atom stereocenters. The summed E-state index contributed by atoms with van der Waals surface area (Å²) in [5.41, 5.74) is 9.12. The van der Waals surface area contributed by atoms with Crippen molar-refractivity contribution in [2.75, 3.05) is 12.3 Å². The van der Waals surface area contributed by atoms with E-state index >= 15 is 0 Å². The lowest BCUT2D eigenvalue weighted by Crippen LogP contribution is -2.32. The molecule has 0 aromatic heterocycles. The van der Waals surface area contributed by atoms with E-state index < -0.39 is 0 Å². The van der Waals surface area contributed by atoms with Gasteiger partial charge in [-0.15, -0.1) is 0 Å². The molecule has 0 aliphatic carbocycles. The first-order chi connectivity index (χ1) is 10.2. The molecule has 1 aliphatic rings. The molecule has 0 radical (unpaired) electrons. The van der Waals surface area contributed by atoms with Gasteiger partial charge in [-0.3, -0.25) is 4.90 Å². The van der Waals surface area contributed by atoms with Gasteiger partial charge in [-0.25, -0.2) is 4.39 Å². The minimum absolute atomic E-state index is 0.169. The molecule has 0 spiro atoms. The third-order valence-corrected chi connectivity index (χ3v) is 4.21. The predicted octanol–water partition coefficient (Wildman–Crippen LogP) is 4.14. The third kappa shape index (κ3) is 3.42. The molecular weight excluding hydrogens is 263 g/mol. The van der Waals surface area contributed by atoms with E-state index in [1.807, 2.05) is 30.3 Å². The van der Waals surface area contributed by atoms with Crippen LogP contribution in [0.3, 0.4) is 0 Å². The van der Waals surface area contributed by atoms with Crippen LogP contribution in [0.1, 0.15) is 36.4 Å². The molecule has 2 N–H and O–H groups in total. The van der Waals surface area contributed by atoms with Crippen molar-refractivity contribution in [3.8, 4) is 0 Å². The molecule has 0 saturated carbocycles. The van der Waals surface area contributed by atoms with Gasteiger partial charge in [0.05, 0.1) is 0 Å². The highest BCUT2D eigenvalue weighted by atomic mass is 19.1. The molecule has 1 saturated heterocycles. The lowest BCUT2D eigenvalue weighted by Gasteiger charge is -2.36. The number of nitrogens with zero attached hydrogens (tertiary/aromatic N) is 1. The van der Waals surface area contributed by atoms with Gasteiger partial charge < -0.3 is 5.73 Å². The molecule has 2 aromatic carbocycles. The third-order valence-electron chi connectivity index (χ3n) is 4.21. The number of benzene rings is 2. The van der Waals surface area contributed by atoms with Crippen molar-refractivity contribution in [2.45, 2.75) is 31.8 Å². The van der Waals surface area contributed by atoms with Crippen LogP contribution in [0.5, 0.6) is 0 Å². The molecule has 1 aliphatic heterocycles. The average Bonchev–Trinajstić information content (AvgIpc) is 2.49. The van der Waals surface area contributed by atoms with Crippen LogP contribution in [0.15, 0.2) is 48.5 Å². The maximum absolute atomic E-state index is 13.1. The highest BCUT2D eigenvalue weighted by Gasteiger charge is 2.23. The number of rotatable bonds is 3. The fourth-order valence-electron chi connectivity index (χ4n) is 3.17. The van der Waals surface area contributed by atoms with E-state index in [1.54, 1.807) is 12.1 Å². The van der Waals surface area contributed by atoms with Gasteiger partial charge in [0, 0.05) is 18.3 Å². The normalized spacial score (nSPS) is 19.6. The van der Waals surface area contributed by atoms with Crippen molar-refractivity contribution in [1.82, 2.24) is 4.90 Å². The smallest absolute Gasteiger partial charge is 0.123 e. The van der Waals surface area contributed by atoms with E-state index in [0.717, 1.165) is 25.2 Å². The largest absolute Gasteiger partial charge is 0.399 e. The summed E-state index contributed by atoms with van der Waals surface area (Å²) in [5.74, 6) is -0.169. The molecule has 1 heterocycles. The van der Waals surface area contributed by atoms with E-state index in [0.29, 0.717) is 6.04 Å². The summed E-state index contributed by atoms with van der Waals surface area (Å²) >= 11 is 0. The maximum atomic E-state index is 13.1. The Hall–Kier alpha value is -1.87. The Morgan fingerprint density at radius 3 is 2.67 bits per heavy atom. The second kappa shape index (κ2) is 6.27. The first-order valence-electron chi connectivity index (χ1n) is 7.56. The zero-order chi connectivity index (χ0) is 14.7. The van der Waals surface area contributed by atoms with Crippen LogP contribution in [-0.4, -0.2) is 11.4 Å². The van der Waals surface area contributed by atoms with E-state index in [4.69, 9.17) is 5.73 Å². The summed E-state index contributed by atoms with van der Waals surface area (Å²) in [7, 11) is 0. The SMILES string of the molecule is Nc1cccc(CN2CCCCC2c2ccc(F)cc2)c1. The van der Waals surface area contributed by atoms with Gasteiger partial charge in [-0.2, -0.15) is 0 Å². The number of nitrogens with two attached hydrogens (primary N) is 1. The van der Waals surface area contributed by atoms with Crippen molar-refractivity contribution >= 4 is 5.69 Å². The monoisotopic (exact) mass is 284 g/mol. The van der Waals surface area contributed by atoms with Gasteiger partial charge in [0.25, 0.3) is 0 Å². The van der Waals surface area contributed by atoms with Gasteiger partial charge in [0.2, 0.25) is 0 Å². The maximum Gasteiger partial charge on any atom is 0.123 e. The van der Waals surface area contributed by atoms with Crippen LogP contribution >= 0.6 is 0 Å². The lowest BCUT2D eigenvalue weighted by atomic mass is 9.94. The molecule has 2 nitrogen and oxygen atoms in total. The number of halogens is 1. The first kappa shape index (κ1) is 14.1. The van der Waals surface area contributed by atoms with Gasteiger partial charge in [-0.05, 0) is 54.8 Å². The number of anilines is 1. The Morgan fingerprint density at radius 2 is 1.90 bits per heavy atom. The summed E-state index contributed by atoms with van der Waals surface area (Å²) < 4.78 is 13.1. The van der Waals surface area contributed by atoms with Crippen molar-refractivity contribution in [3.05, 3.63) is 65.5 Å². The van der Waals surface area contributed by atoms with Crippen LogP contribution in [-0.2, 0) is 6.54 Å². The zero-order valence-corrected chi connectivity index (χ0v) is 12.1. The standard InChI is InChI=1S/C18H21FN2/c19-16-9-7-15(8-10-16)18-6-1-2-11-21(18)13-14-4-3-5-17(20)12-14/h3-5,7-10,12,18H,1-2,6,11,13,20H2. The Balaban J connectivity index is 1.79. The van der Waals surface area contributed by atoms with E-state index in [-0.39, 0.29) is 5.82 Å². The number of likely N-dealkylation sites (tertiary alicyclic amines) is 1. The number of hydrogen-bond acceptors (Lipinski definition) is 2. The summed E-state index contributed by atoms with van der Waals surface area (Å²) in [6.07, 6.45) is 3.59. The minimum atomic E-state index is -0.169. The molecule has 2 aromatic rings. The van der Waals surface area contributed by atoms with Gasteiger partial charge >= 0.3 is 0 Å². The van der Waals surface area contributed by atoms with Gasteiger partial charge in [0.1, 0.15) is 5.82 Å². The average molecular weight is 284 g/mol. The molecule has 21 heavy (non-hydrogen) atoms. The van der Waals surface area contributed by atoms with Crippen LogP contribution in [0, 0.1) is 5.82 Å². The Bertz CT molecular complexity index is 594. The number of piperidine rings is 1. The van der Waals surface area contributed by atoms with Crippen LogP contribution in [0.2, 0.25) is 0 Å². The zero-order valence-electron chi connectivity index (χ0n) is 12.1. The van der Waals surface area contributed by atoms with Crippen LogP contribution in [0.4, 0.5) is 10.1 Å². The van der Waals surface area contributed by atoms with E-state index in [1.165, 1.54) is 24.0 Å². The van der Waals surface area contributed by atoms with E-state index in [2.05, 4.69) is 11.0 Å². The molecule has 1 fully saturated rings. The second-order valence-corrected chi connectivity index (χ2v) is 5.78. The van der Waals surface area contributed by atoms with E-state index in [9.17, 15) is 4.39 Å². The summed E-state index contributed by atoms with van der Waals surface area (Å²) in [5, 5.41) is 0. The molecule has 110 valence electrons. The predicted molar refractivity (Wildman–Crippen MR) is 84.3 cm³/mol. The fourth-order valence-corrected chi connectivity index (χ4v) is 3.17. The minimum Gasteiger partial charge on any atom is -0.399 e. The highest BCUT2D eigenvalue weighted by Crippen LogP contribution is 2.32. The van der Waals surface area contributed by atoms with Crippen molar-refractivity contribution in [1.29, 1.82) is 0 Å². The molecule has 3 rings (SSSR count). The molecular formula is C18H21FN2. The summed E-state index contributed by atoms with van der Waals surface area (Å²) in [6, 6.07) is 15.4. The van der Waals surface area contributed by atoms with Crippen LogP contribution in [0.25, 0.3) is 0 Å². The number of nitrogen functional groups attached to an aromatic ring is 1. The van der Waals surface area contributed by atoms with Crippen molar-refractivity contribution in [2.24, 2.45) is 0 Å². The quantitative estimate of drug-likeness (QED) is 0.858. The second-order valence-electron chi connectivity index (χ2n) is 5.78. The molecule has 0 amide bonds. The van der Waals surface area contributed by atoms with Crippen molar-refractivity contribution in [3.63, 3.8) is 0 Å². The summed E-state index contributed by atoms with van der Waals surface area (Å²) in [6.45, 7) is 1.98. The molecule has 3 heteroatoms. The first-order valence-corrected chi connectivity index (χ1v) is 7.56. The summed E-state index contributed by atoms with van der Waals surface area (Å²) in [4.78, 5) is 2.48. The Labute approximate surface area is 125 Å². The topological polar surface area (TPSA) is 29.3 Å². The number of hydrogen-bond donors (Lipinski definition) is 1. The van der Waals surface area contributed by atoms with Gasteiger partial charge in [0.15, 0.2) is 0 Å². The lowest BCUT2D eigenvalue weighted by molar-refractivity contribution is 0.140. The molecule has 0 bridgehead atoms. The Morgan fingerprint density at radius 1 is 1.10 bits per heavy atom.